The number of para-hydroxylation sites is 3. The molecule has 0 fully saturated rings. The number of benzene rings is 4. The summed E-state index contributed by atoms with van der Waals surface area (Å²) in [5.41, 5.74) is 4.49. The van der Waals surface area contributed by atoms with Crippen LogP contribution in [0.15, 0.2) is 84.9 Å². The molecule has 0 aliphatic carbocycles. The summed E-state index contributed by atoms with van der Waals surface area (Å²) in [5, 5.41) is 12.8. The maximum atomic E-state index is 13.9. The lowest BCUT2D eigenvalue weighted by atomic mass is 9.90. The number of methoxy groups -OCH3 is 2. The van der Waals surface area contributed by atoms with Crippen LogP contribution in [-0.2, 0) is 0 Å². The van der Waals surface area contributed by atoms with Gasteiger partial charge in [0.15, 0.2) is 11.5 Å². The number of aromatic nitrogens is 1. The Morgan fingerprint density at radius 3 is 2.11 bits per heavy atom. The van der Waals surface area contributed by atoms with Crippen LogP contribution in [0.2, 0.25) is 0 Å². The van der Waals surface area contributed by atoms with Crippen molar-refractivity contribution in [3.05, 3.63) is 96.1 Å². The van der Waals surface area contributed by atoms with Gasteiger partial charge in [-0.3, -0.25) is 4.79 Å². The first-order valence-corrected chi connectivity index (χ1v) is 12.4. The van der Waals surface area contributed by atoms with E-state index in [-0.39, 0.29) is 23.7 Å². The second-order valence-electron chi connectivity index (χ2n) is 9.46. The number of carbonyl (C=O) groups excluding carboxylic acids is 1. The minimum Gasteiger partial charge on any atom is -0.504 e. The molecule has 4 aromatic carbocycles. The van der Waals surface area contributed by atoms with Crippen molar-refractivity contribution < 1.29 is 19.4 Å². The molecule has 1 N–H and O–H groups in total. The fourth-order valence-corrected chi connectivity index (χ4v) is 5.80. The molecule has 1 aromatic heterocycles. The van der Waals surface area contributed by atoms with Gasteiger partial charge < -0.3 is 24.0 Å². The summed E-state index contributed by atoms with van der Waals surface area (Å²) in [6, 6.07) is 27.5. The van der Waals surface area contributed by atoms with Crippen molar-refractivity contribution in [2.75, 3.05) is 19.1 Å². The normalized spacial score (nSPS) is 17.1. The van der Waals surface area contributed by atoms with Crippen molar-refractivity contribution >= 4 is 33.4 Å². The Morgan fingerprint density at radius 2 is 1.49 bits per heavy atom. The van der Waals surface area contributed by atoms with Gasteiger partial charge in [0.25, 0.3) is 5.91 Å². The van der Waals surface area contributed by atoms with Crippen LogP contribution >= 0.6 is 0 Å². The SMILES string of the molecule is COc1ccc(C(=O)N2c3c(OC)cccc3C(n3c4ccccc4c4ccccc43)CC2C)cc1O. The molecule has 6 heteroatoms. The summed E-state index contributed by atoms with van der Waals surface area (Å²) in [7, 11) is 3.12. The molecule has 5 aromatic rings. The maximum absolute atomic E-state index is 13.9. The van der Waals surface area contributed by atoms with Crippen molar-refractivity contribution in [2.24, 2.45) is 0 Å². The molecule has 1 aliphatic heterocycles. The zero-order chi connectivity index (χ0) is 25.7. The molecule has 0 saturated heterocycles. The van der Waals surface area contributed by atoms with Crippen LogP contribution in [0.25, 0.3) is 21.8 Å². The maximum Gasteiger partial charge on any atom is 0.258 e. The van der Waals surface area contributed by atoms with Gasteiger partial charge in [-0.1, -0.05) is 48.5 Å². The quantitative estimate of drug-likeness (QED) is 0.309. The van der Waals surface area contributed by atoms with Crippen LogP contribution in [0, 0.1) is 0 Å². The highest BCUT2D eigenvalue weighted by atomic mass is 16.5. The minimum absolute atomic E-state index is 0.00165. The number of carbonyl (C=O) groups is 1. The van der Waals surface area contributed by atoms with E-state index in [9.17, 15) is 9.90 Å². The molecule has 0 radical (unpaired) electrons. The monoisotopic (exact) mass is 492 g/mol. The summed E-state index contributed by atoms with van der Waals surface area (Å²) in [6.07, 6.45) is 0.719. The van der Waals surface area contributed by atoms with Crippen LogP contribution in [0.4, 0.5) is 5.69 Å². The summed E-state index contributed by atoms with van der Waals surface area (Å²) in [5.74, 6) is 0.701. The molecular weight excluding hydrogens is 464 g/mol. The average Bonchev–Trinajstić information content (AvgIpc) is 3.26. The number of hydrogen-bond acceptors (Lipinski definition) is 4. The Kier molecular flexibility index (Phi) is 5.52. The first kappa shape index (κ1) is 23.0. The molecule has 2 atom stereocenters. The third-order valence-electron chi connectivity index (χ3n) is 7.43. The van der Waals surface area contributed by atoms with Gasteiger partial charge in [-0.15, -0.1) is 0 Å². The van der Waals surface area contributed by atoms with Crippen LogP contribution in [-0.4, -0.2) is 35.8 Å². The van der Waals surface area contributed by atoms with Gasteiger partial charge >= 0.3 is 0 Å². The standard InChI is InChI=1S/C31H28N2O4/c1-19-17-26(33-24-12-6-4-9-21(24)22-10-5-7-13-25(22)33)23-11-8-14-29(37-3)30(23)32(19)31(35)20-15-16-28(36-2)27(34)18-20/h4-16,18-19,26,34H,17H2,1-3H3. The lowest BCUT2D eigenvalue weighted by Crippen LogP contribution is -2.44. The van der Waals surface area contributed by atoms with Crippen LogP contribution in [0.5, 0.6) is 17.2 Å². The van der Waals surface area contributed by atoms with E-state index in [1.807, 2.05) is 12.1 Å². The first-order chi connectivity index (χ1) is 18.0. The predicted molar refractivity (Wildman–Crippen MR) is 146 cm³/mol. The molecule has 0 bridgehead atoms. The molecule has 2 heterocycles. The molecule has 0 spiro atoms. The van der Waals surface area contributed by atoms with Crippen molar-refractivity contribution in [3.8, 4) is 17.2 Å². The fraction of sp³-hybridized carbons (Fsp3) is 0.194. The van der Waals surface area contributed by atoms with E-state index in [0.717, 1.165) is 28.7 Å². The van der Waals surface area contributed by atoms with E-state index < -0.39 is 0 Å². The second kappa shape index (κ2) is 8.89. The molecule has 6 nitrogen and oxygen atoms in total. The third-order valence-corrected chi connectivity index (χ3v) is 7.43. The van der Waals surface area contributed by atoms with Gasteiger partial charge in [0, 0.05) is 39.0 Å². The van der Waals surface area contributed by atoms with Crippen molar-refractivity contribution in [1.82, 2.24) is 4.57 Å². The second-order valence-corrected chi connectivity index (χ2v) is 9.46. The van der Waals surface area contributed by atoms with Gasteiger partial charge in [0.05, 0.1) is 25.9 Å². The topological polar surface area (TPSA) is 63.9 Å². The lowest BCUT2D eigenvalue weighted by Gasteiger charge is -2.41. The van der Waals surface area contributed by atoms with E-state index >= 15 is 0 Å². The number of aromatic hydroxyl groups is 1. The number of hydrogen-bond donors (Lipinski definition) is 1. The summed E-state index contributed by atoms with van der Waals surface area (Å²) in [4.78, 5) is 15.7. The van der Waals surface area contributed by atoms with Gasteiger partial charge in [-0.2, -0.15) is 0 Å². The number of amides is 1. The highest BCUT2D eigenvalue weighted by molar-refractivity contribution is 6.10. The van der Waals surface area contributed by atoms with Gasteiger partial charge in [-0.25, -0.2) is 0 Å². The van der Waals surface area contributed by atoms with E-state index in [0.29, 0.717) is 17.1 Å². The summed E-state index contributed by atoms with van der Waals surface area (Å²) < 4.78 is 13.4. The van der Waals surface area contributed by atoms with Crippen LogP contribution in [0.1, 0.15) is 35.3 Å². The minimum atomic E-state index is -0.197. The number of ether oxygens (including phenoxy) is 2. The zero-order valence-corrected chi connectivity index (χ0v) is 21.0. The lowest BCUT2D eigenvalue weighted by molar-refractivity contribution is 0.0971. The van der Waals surface area contributed by atoms with Crippen molar-refractivity contribution in [1.29, 1.82) is 0 Å². The number of fused-ring (bicyclic) bond motifs is 4. The highest BCUT2D eigenvalue weighted by Gasteiger charge is 2.38. The number of rotatable bonds is 4. The molecule has 37 heavy (non-hydrogen) atoms. The van der Waals surface area contributed by atoms with Crippen LogP contribution < -0.4 is 14.4 Å². The molecular formula is C31H28N2O4. The van der Waals surface area contributed by atoms with Gasteiger partial charge in [0.1, 0.15) is 5.75 Å². The molecule has 186 valence electrons. The Morgan fingerprint density at radius 1 is 0.838 bits per heavy atom. The first-order valence-electron chi connectivity index (χ1n) is 12.4. The van der Waals surface area contributed by atoms with Gasteiger partial charge in [0.2, 0.25) is 0 Å². The van der Waals surface area contributed by atoms with E-state index in [2.05, 4.69) is 66.1 Å². The molecule has 2 unspecified atom stereocenters. The van der Waals surface area contributed by atoms with Gasteiger partial charge in [-0.05, 0) is 49.7 Å². The van der Waals surface area contributed by atoms with Crippen LogP contribution in [0.3, 0.4) is 0 Å². The molecule has 1 amide bonds. The number of anilines is 1. The Balaban J connectivity index is 1.55. The van der Waals surface area contributed by atoms with E-state index in [1.165, 1.54) is 23.9 Å². The average molecular weight is 493 g/mol. The molecule has 0 saturated carbocycles. The molecule has 6 rings (SSSR count). The van der Waals surface area contributed by atoms with E-state index in [4.69, 9.17) is 9.47 Å². The van der Waals surface area contributed by atoms with Crippen molar-refractivity contribution in [2.45, 2.75) is 25.4 Å². The largest absolute Gasteiger partial charge is 0.504 e. The highest BCUT2D eigenvalue weighted by Crippen LogP contribution is 2.47. The smallest absolute Gasteiger partial charge is 0.258 e. The zero-order valence-electron chi connectivity index (χ0n) is 21.0. The Hall–Kier alpha value is -4.45. The van der Waals surface area contributed by atoms with E-state index in [1.54, 1.807) is 24.1 Å². The van der Waals surface area contributed by atoms with Crippen molar-refractivity contribution in [3.63, 3.8) is 0 Å². The number of nitrogens with zero attached hydrogens (tertiary/aromatic N) is 2. The summed E-state index contributed by atoms with van der Waals surface area (Å²) >= 11 is 0. The fourth-order valence-electron chi connectivity index (χ4n) is 5.80. The summed E-state index contributed by atoms with van der Waals surface area (Å²) in [6.45, 7) is 2.07. The predicted octanol–water partition coefficient (Wildman–Crippen LogP) is 6.55. The Labute approximate surface area is 215 Å². The number of phenolic OH excluding ortho intramolecular Hbond substituents is 1. The third kappa shape index (κ3) is 3.51. The molecule has 1 aliphatic rings. The Bertz CT molecular complexity index is 1600. The number of phenols is 1.